The molecule has 0 aliphatic heterocycles. The van der Waals surface area contributed by atoms with Gasteiger partial charge in [0.15, 0.2) is 5.13 Å². The standard InChI is InChI=1S/C26H32ClN3S2/c1-18(2)16-23(25(31)28-21-8-4-3-5-9-21)30(17-19-12-14-20(27)15-13-19)26-29-22-10-6-7-11-24(22)32-26/h6-7,10-15,18,21,23H,3-5,8-9,16-17H2,1-2H3,(H,28,31). The van der Waals surface area contributed by atoms with Crippen LogP contribution in [0, 0.1) is 5.92 Å². The fourth-order valence-electron chi connectivity index (χ4n) is 4.45. The average Bonchev–Trinajstić information content (AvgIpc) is 3.22. The van der Waals surface area contributed by atoms with Crippen molar-refractivity contribution in [3.63, 3.8) is 0 Å². The second-order valence-corrected chi connectivity index (χ2v) is 11.1. The topological polar surface area (TPSA) is 28.2 Å². The third-order valence-electron chi connectivity index (χ3n) is 6.12. The molecule has 0 radical (unpaired) electrons. The Morgan fingerprint density at radius 1 is 1.12 bits per heavy atom. The van der Waals surface area contributed by atoms with Crippen molar-refractivity contribution in [1.29, 1.82) is 0 Å². The van der Waals surface area contributed by atoms with Gasteiger partial charge in [0, 0.05) is 17.6 Å². The smallest absolute Gasteiger partial charge is 0.187 e. The number of nitrogens with zero attached hydrogens (tertiary/aromatic N) is 2. The van der Waals surface area contributed by atoms with Crippen LogP contribution in [0.5, 0.6) is 0 Å². The molecule has 1 aromatic heterocycles. The first-order valence-corrected chi connectivity index (χ1v) is 13.3. The van der Waals surface area contributed by atoms with Crippen LogP contribution < -0.4 is 10.2 Å². The van der Waals surface area contributed by atoms with Crippen LogP contribution in [0.1, 0.15) is 57.9 Å². The lowest BCUT2D eigenvalue weighted by Crippen LogP contribution is -2.49. The molecule has 170 valence electrons. The normalized spacial score (nSPS) is 15.8. The van der Waals surface area contributed by atoms with Gasteiger partial charge in [0.1, 0.15) is 0 Å². The summed E-state index contributed by atoms with van der Waals surface area (Å²) in [6.45, 7) is 5.30. The SMILES string of the molecule is CC(C)CC(C(=S)NC1CCCCC1)N(Cc1ccc(Cl)cc1)c1nc2ccccc2s1. The highest BCUT2D eigenvalue weighted by Gasteiger charge is 2.28. The number of hydrogen-bond acceptors (Lipinski definition) is 4. The Hall–Kier alpha value is -1.69. The summed E-state index contributed by atoms with van der Waals surface area (Å²) in [6.07, 6.45) is 7.35. The minimum absolute atomic E-state index is 0.100. The monoisotopic (exact) mass is 485 g/mol. The van der Waals surface area contributed by atoms with Gasteiger partial charge in [0.25, 0.3) is 0 Å². The molecule has 1 aliphatic rings. The maximum atomic E-state index is 6.15. The Kier molecular flexibility index (Phi) is 8.03. The van der Waals surface area contributed by atoms with E-state index in [1.165, 1.54) is 42.4 Å². The first-order chi connectivity index (χ1) is 15.5. The van der Waals surface area contributed by atoms with Gasteiger partial charge in [0.2, 0.25) is 0 Å². The van der Waals surface area contributed by atoms with E-state index in [1.807, 2.05) is 12.1 Å². The fraction of sp³-hybridized carbons (Fsp3) is 0.462. The van der Waals surface area contributed by atoms with Crippen molar-refractivity contribution in [3.8, 4) is 0 Å². The summed E-state index contributed by atoms with van der Waals surface area (Å²) in [5.41, 5.74) is 2.26. The quantitative estimate of drug-likeness (QED) is 0.332. The molecule has 6 heteroatoms. The lowest BCUT2D eigenvalue weighted by atomic mass is 9.94. The molecule has 0 saturated heterocycles. The lowest BCUT2D eigenvalue weighted by molar-refractivity contribution is 0.408. The molecule has 1 atom stereocenters. The van der Waals surface area contributed by atoms with Crippen LogP contribution in [-0.2, 0) is 6.54 Å². The molecular weight excluding hydrogens is 454 g/mol. The first kappa shape index (κ1) is 23.5. The predicted molar refractivity (Wildman–Crippen MR) is 143 cm³/mol. The van der Waals surface area contributed by atoms with Gasteiger partial charge >= 0.3 is 0 Å². The molecule has 2 aromatic carbocycles. The molecule has 0 amide bonds. The molecule has 4 rings (SSSR count). The minimum atomic E-state index is 0.100. The molecule has 32 heavy (non-hydrogen) atoms. The van der Waals surface area contributed by atoms with Gasteiger partial charge in [-0.25, -0.2) is 4.98 Å². The minimum Gasteiger partial charge on any atom is -0.375 e. The molecule has 0 spiro atoms. The Labute approximate surface area is 206 Å². The van der Waals surface area contributed by atoms with E-state index in [0.717, 1.165) is 33.6 Å². The zero-order valence-electron chi connectivity index (χ0n) is 18.9. The number of thiazole rings is 1. The number of rotatable bonds is 8. The highest BCUT2D eigenvalue weighted by Crippen LogP contribution is 2.33. The van der Waals surface area contributed by atoms with E-state index < -0.39 is 0 Å². The van der Waals surface area contributed by atoms with Crippen LogP contribution in [0.4, 0.5) is 5.13 Å². The van der Waals surface area contributed by atoms with Crippen LogP contribution in [-0.4, -0.2) is 22.1 Å². The second kappa shape index (κ2) is 11.0. The van der Waals surface area contributed by atoms with Gasteiger partial charge in [-0.05, 0) is 55.0 Å². The molecule has 3 aromatic rings. The number of benzene rings is 2. The Morgan fingerprint density at radius 2 is 1.84 bits per heavy atom. The number of thiocarbonyl (C=S) groups is 1. The van der Waals surface area contributed by atoms with E-state index in [-0.39, 0.29) is 6.04 Å². The maximum Gasteiger partial charge on any atom is 0.187 e. The molecule has 1 heterocycles. The van der Waals surface area contributed by atoms with Crippen LogP contribution in [0.2, 0.25) is 5.02 Å². The number of aromatic nitrogens is 1. The Morgan fingerprint density at radius 3 is 2.53 bits per heavy atom. The fourth-order valence-corrected chi connectivity index (χ4v) is 5.98. The summed E-state index contributed by atoms with van der Waals surface area (Å²) in [6, 6.07) is 17.1. The molecule has 3 nitrogen and oxygen atoms in total. The van der Waals surface area contributed by atoms with Crippen LogP contribution in [0.3, 0.4) is 0 Å². The van der Waals surface area contributed by atoms with Gasteiger partial charge in [0.05, 0.1) is 21.2 Å². The van der Waals surface area contributed by atoms with Crippen molar-refractivity contribution < 1.29 is 0 Å². The zero-order chi connectivity index (χ0) is 22.5. The average molecular weight is 486 g/mol. The van der Waals surface area contributed by atoms with Crippen LogP contribution >= 0.6 is 35.2 Å². The van der Waals surface area contributed by atoms with Crippen molar-refractivity contribution in [3.05, 3.63) is 59.1 Å². The predicted octanol–water partition coefficient (Wildman–Crippen LogP) is 7.62. The third kappa shape index (κ3) is 6.00. The number of anilines is 1. The first-order valence-electron chi connectivity index (χ1n) is 11.7. The van der Waals surface area contributed by atoms with Crippen molar-refractivity contribution in [1.82, 2.24) is 10.3 Å². The number of para-hydroxylation sites is 1. The summed E-state index contributed by atoms with van der Waals surface area (Å²) in [5.74, 6) is 0.521. The van der Waals surface area contributed by atoms with Crippen molar-refractivity contribution in [2.24, 2.45) is 5.92 Å². The summed E-state index contributed by atoms with van der Waals surface area (Å²) >= 11 is 14.0. The largest absolute Gasteiger partial charge is 0.375 e. The lowest BCUT2D eigenvalue weighted by Gasteiger charge is -2.35. The number of hydrogen-bond donors (Lipinski definition) is 1. The number of nitrogens with one attached hydrogen (secondary N) is 1. The number of halogens is 1. The molecule has 0 bridgehead atoms. The maximum absolute atomic E-state index is 6.15. The van der Waals surface area contributed by atoms with Gasteiger partial charge in [-0.1, -0.05) is 92.5 Å². The summed E-state index contributed by atoms with van der Waals surface area (Å²) < 4.78 is 1.21. The summed E-state index contributed by atoms with van der Waals surface area (Å²) in [7, 11) is 0. The molecule has 1 N–H and O–H groups in total. The van der Waals surface area contributed by atoms with Crippen molar-refractivity contribution >= 4 is 55.5 Å². The Balaban J connectivity index is 1.67. The van der Waals surface area contributed by atoms with E-state index in [0.29, 0.717) is 12.0 Å². The third-order valence-corrected chi connectivity index (χ3v) is 7.83. The van der Waals surface area contributed by atoms with Gasteiger partial charge in [-0.15, -0.1) is 0 Å². The summed E-state index contributed by atoms with van der Waals surface area (Å²) in [4.78, 5) is 8.38. The van der Waals surface area contributed by atoms with E-state index in [2.05, 4.69) is 60.5 Å². The molecular formula is C26H32ClN3S2. The van der Waals surface area contributed by atoms with E-state index in [9.17, 15) is 0 Å². The van der Waals surface area contributed by atoms with Gasteiger partial charge in [-0.3, -0.25) is 0 Å². The molecule has 1 saturated carbocycles. The number of fused-ring (bicyclic) bond motifs is 1. The highest BCUT2D eigenvalue weighted by atomic mass is 35.5. The zero-order valence-corrected chi connectivity index (χ0v) is 21.3. The molecule has 1 fully saturated rings. The van der Waals surface area contributed by atoms with E-state index in [4.69, 9.17) is 28.8 Å². The van der Waals surface area contributed by atoms with Crippen LogP contribution in [0.15, 0.2) is 48.5 Å². The Bertz CT molecular complexity index is 992. The second-order valence-electron chi connectivity index (χ2n) is 9.21. The van der Waals surface area contributed by atoms with Gasteiger partial charge < -0.3 is 10.2 Å². The highest BCUT2D eigenvalue weighted by molar-refractivity contribution is 7.80. The van der Waals surface area contributed by atoms with Crippen molar-refractivity contribution in [2.75, 3.05) is 4.90 Å². The van der Waals surface area contributed by atoms with Crippen molar-refractivity contribution in [2.45, 2.75) is 71.0 Å². The van der Waals surface area contributed by atoms with E-state index >= 15 is 0 Å². The molecule has 1 aliphatic carbocycles. The van der Waals surface area contributed by atoms with Crippen LogP contribution in [0.25, 0.3) is 10.2 Å². The summed E-state index contributed by atoms with van der Waals surface area (Å²) in [5, 5.41) is 5.53. The van der Waals surface area contributed by atoms with E-state index in [1.54, 1.807) is 11.3 Å². The van der Waals surface area contributed by atoms with Gasteiger partial charge in [-0.2, -0.15) is 0 Å². The molecule has 1 unspecified atom stereocenters.